The molecule has 0 spiro atoms. The molecule has 24 heavy (non-hydrogen) atoms. The van der Waals surface area contributed by atoms with E-state index in [9.17, 15) is 18.0 Å². The lowest BCUT2D eigenvalue weighted by atomic mass is 10.0. The van der Waals surface area contributed by atoms with Crippen LogP contribution >= 0.6 is 0 Å². The van der Waals surface area contributed by atoms with E-state index >= 15 is 0 Å². The third-order valence-corrected chi connectivity index (χ3v) is 3.19. The van der Waals surface area contributed by atoms with E-state index in [0.29, 0.717) is 5.56 Å². The number of hydrogen-bond donors (Lipinski definition) is 1. The summed E-state index contributed by atoms with van der Waals surface area (Å²) in [6, 6.07) is 5.52. The Bertz CT molecular complexity index is 688. The molecule has 134 valence electrons. The van der Waals surface area contributed by atoms with Crippen LogP contribution < -0.4 is 9.50 Å². The molecule has 7 nitrogen and oxygen atoms in total. The number of amides is 1. The molecule has 0 fully saturated rings. The highest BCUT2D eigenvalue weighted by molar-refractivity contribution is 7.86. The number of benzene rings is 1. The predicted molar refractivity (Wildman–Crippen MR) is 88.9 cm³/mol. The fourth-order valence-corrected chi connectivity index (χ4v) is 2.44. The molecule has 1 unspecified atom stereocenters. The maximum absolute atomic E-state index is 12.0. The lowest BCUT2D eigenvalue weighted by molar-refractivity contribution is -0.155. The van der Waals surface area contributed by atoms with Crippen molar-refractivity contribution >= 4 is 22.0 Å². The minimum absolute atomic E-state index is 0.0386. The fourth-order valence-electron chi connectivity index (χ4n) is 1.98. The Kier molecular flexibility index (Phi) is 6.36. The Morgan fingerprint density at radius 1 is 1.17 bits per heavy atom. The predicted octanol–water partition coefficient (Wildman–Crippen LogP) is 1.93. The average Bonchev–Trinajstić information content (AvgIpc) is 2.34. The van der Waals surface area contributed by atoms with Gasteiger partial charge in [0, 0.05) is 6.92 Å². The van der Waals surface area contributed by atoms with E-state index in [4.69, 9.17) is 8.92 Å². The van der Waals surface area contributed by atoms with Gasteiger partial charge in [0.2, 0.25) is 5.91 Å². The first-order valence-corrected chi connectivity index (χ1v) is 9.16. The second-order valence-corrected chi connectivity index (χ2v) is 7.98. The van der Waals surface area contributed by atoms with E-state index in [2.05, 4.69) is 5.32 Å². The molecule has 1 amide bonds. The lowest BCUT2D eigenvalue weighted by Crippen LogP contribution is -2.31. The van der Waals surface area contributed by atoms with Crippen LogP contribution in [0.5, 0.6) is 5.75 Å². The number of rotatable bonds is 6. The molecule has 1 aromatic carbocycles. The van der Waals surface area contributed by atoms with Gasteiger partial charge in [-0.3, -0.25) is 9.59 Å². The third kappa shape index (κ3) is 7.96. The Balaban J connectivity index is 2.92. The van der Waals surface area contributed by atoms with Crippen LogP contribution in [0.15, 0.2) is 24.3 Å². The molecule has 0 aliphatic heterocycles. The maximum Gasteiger partial charge on any atom is 0.308 e. The highest BCUT2D eigenvalue weighted by Gasteiger charge is 2.22. The van der Waals surface area contributed by atoms with Crippen molar-refractivity contribution in [2.75, 3.05) is 6.26 Å². The Morgan fingerprint density at radius 2 is 1.71 bits per heavy atom. The van der Waals surface area contributed by atoms with Crippen LogP contribution in [0.2, 0.25) is 0 Å². The Hall–Kier alpha value is -2.09. The molecule has 0 aliphatic rings. The van der Waals surface area contributed by atoms with Crippen molar-refractivity contribution in [3.8, 4) is 5.75 Å². The molecular weight excluding hydrogens is 334 g/mol. The lowest BCUT2D eigenvalue weighted by Gasteiger charge is -2.23. The summed E-state index contributed by atoms with van der Waals surface area (Å²) in [5.41, 5.74) is 0.0160. The molecule has 0 aromatic heterocycles. The Morgan fingerprint density at radius 3 is 2.12 bits per heavy atom. The molecule has 1 N–H and O–H groups in total. The molecule has 0 saturated carbocycles. The first-order valence-electron chi connectivity index (χ1n) is 7.34. The normalized spacial score (nSPS) is 13.0. The van der Waals surface area contributed by atoms with Crippen molar-refractivity contribution in [2.45, 2.75) is 45.8 Å². The summed E-state index contributed by atoms with van der Waals surface area (Å²) < 4.78 is 32.2. The zero-order valence-corrected chi connectivity index (χ0v) is 15.3. The van der Waals surface area contributed by atoms with E-state index in [0.717, 1.165) is 6.26 Å². The molecular formula is C16H23NO6S. The van der Waals surface area contributed by atoms with E-state index in [1.807, 2.05) is 0 Å². The standard InChI is InChI=1S/C16H23NO6S/c1-11(18)17-14(10-15(19)22-16(2,3)4)12-6-8-13(9-7-12)23-24(5,20)21/h6-9,14H,10H2,1-5H3,(H,17,18). The zero-order chi connectivity index (χ0) is 18.5. The van der Waals surface area contributed by atoms with Crippen molar-refractivity contribution in [3.05, 3.63) is 29.8 Å². The largest absolute Gasteiger partial charge is 0.460 e. The van der Waals surface area contributed by atoms with Gasteiger partial charge in [-0.05, 0) is 38.5 Å². The topological polar surface area (TPSA) is 98.8 Å². The number of carbonyl (C=O) groups is 2. The van der Waals surface area contributed by atoms with E-state index in [-0.39, 0.29) is 18.1 Å². The number of carbonyl (C=O) groups excluding carboxylic acids is 2. The summed E-state index contributed by atoms with van der Waals surface area (Å²) in [5, 5.41) is 2.68. The first-order chi connectivity index (χ1) is 10.9. The molecule has 0 bridgehead atoms. The van der Waals surface area contributed by atoms with Crippen LogP contribution in [0.4, 0.5) is 0 Å². The Labute approximate surface area is 142 Å². The van der Waals surface area contributed by atoms with Gasteiger partial charge < -0.3 is 14.2 Å². The van der Waals surface area contributed by atoms with Crippen molar-refractivity contribution in [3.63, 3.8) is 0 Å². The molecule has 8 heteroatoms. The number of ether oxygens (including phenoxy) is 1. The molecule has 1 rings (SSSR count). The quantitative estimate of drug-likeness (QED) is 0.617. The van der Waals surface area contributed by atoms with Crippen LogP contribution in [0, 0.1) is 0 Å². The third-order valence-electron chi connectivity index (χ3n) is 2.70. The fraction of sp³-hybridized carbons (Fsp3) is 0.500. The van der Waals surface area contributed by atoms with Crippen LogP contribution in [0.25, 0.3) is 0 Å². The van der Waals surface area contributed by atoms with Gasteiger partial charge in [0.05, 0.1) is 18.7 Å². The van der Waals surface area contributed by atoms with Gasteiger partial charge in [0.1, 0.15) is 11.4 Å². The SMILES string of the molecule is CC(=O)NC(CC(=O)OC(C)(C)C)c1ccc(OS(C)(=O)=O)cc1. The molecule has 0 aliphatic carbocycles. The summed E-state index contributed by atoms with van der Waals surface area (Å²) in [4.78, 5) is 23.4. The van der Waals surface area contributed by atoms with Crippen LogP contribution in [-0.2, 0) is 24.4 Å². The monoisotopic (exact) mass is 357 g/mol. The van der Waals surface area contributed by atoms with Crippen molar-refractivity contribution in [1.82, 2.24) is 5.32 Å². The maximum atomic E-state index is 12.0. The molecule has 1 aromatic rings. The van der Waals surface area contributed by atoms with Gasteiger partial charge in [0.25, 0.3) is 0 Å². The highest BCUT2D eigenvalue weighted by atomic mass is 32.2. The van der Waals surface area contributed by atoms with Crippen LogP contribution in [0.1, 0.15) is 45.7 Å². The zero-order valence-electron chi connectivity index (χ0n) is 14.5. The smallest absolute Gasteiger partial charge is 0.308 e. The number of esters is 1. The van der Waals surface area contributed by atoms with Crippen molar-refractivity contribution in [1.29, 1.82) is 0 Å². The minimum Gasteiger partial charge on any atom is -0.460 e. The highest BCUT2D eigenvalue weighted by Crippen LogP contribution is 2.22. The van der Waals surface area contributed by atoms with Crippen LogP contribution in [-0.4, -0.2) is 32.2 Å². The van der Waals surface area contributed by atoms with Gasteiger partial charge >= 0.3 is 16.1 Å². The summed E-state index contributed by atoms with van der Waals surface area (Å²) >= 11 is 0. The van der Waals surface area contributed by atoms with E-state index in [1.54, 1.807) is 32.9 Å². The molecule has 0 heterocycles. The van der Waals surface area contributed by atoms with Gasteiger partial charge in [0.15, 0.2) is 0 Å². The molecule has 0 saturated heterocycles. The van der Waals surface area contributed by atoms with Crippen molar-refractivity contribution < 1.29 is 26.9 Å². The van der Waals surface area contributed by atoms with Gasteiger partial charge in [-0.15, -0.1) is 0 Å². The van der Waals surface area contributed by atoms with E-state index < -0.39 is 27.7 Å². The van der Waals surface area contributed by atoms with Crippen molar-refractivity contribution in [2.24, 2.45) is 0 Å². The number of nitrogens with one attached hydrogen (secondary N) is 1. The summed E-state index contributed by atoms with van der Waals surface area (Å²) in [6.07, 6.45) is 0.909. The van der Waals surface area contributed by atoms with Gasteiger partial charge in [-0.25, -0.2) is 0 Å². The summed E-state index contributed by atoms with van der Waals surface area (Å²) in [7, 11) is -3.61. The second-order valence-electron chi connectivity index (χ2n) is 6.40. The first kappa shape index (κ1) is 20.0. The van der Waals surface area contributed by atoms with E-state index in [1.165, 1.54) is 19.1 Å². The summed E-state index contributed by atoms with van der Waals surface area (Å²) in [6.45, 7) is 6.63. The summed E-state index contributed by atoms with van der Waals surface area (Å²) in [5.74, 6) is -0.585. The van der Waals surface area contributed by atoms with Gasteiger partial charge in [-0.1, -0.05) is 12.1 Å². The van der Waals surface area contributed by atoms with Crippen LogP contribution in [0.3, 0.4) is 0 Å². The second kappa shape index (κ2) is 7.65. The average molecular weight is 357 g/mol. The van der Waals surface area contributed by atoms with Gasteiger partial charge in [-0.2, -0.15) is 8.42 Å². The number of hydrogen-bond acceptors (Lipinski definition) is 6. The molecule has 1 atom stereocenters. The minimum atomic E-state index is -3.61. The molecule has 0 radical (unpaired) electrons.